The van der Waals surface area contributed by atoms with Gasteiger partial charge in [-0.1, -0.05) is 32.9 Å². The Labute approximate surface area is 195 Å². The number of fused-ring (bicyclic) bond motifs is 1. The van der Waals surface area contributed by atoms with Crippen LogP contribution in [0.4, 0.5) is 10.7 Å². The van der Waals surface area contributed by atoms with Gasteiger partial charge in [0.15, 0.2) is 0 Å². The molecule has 0 radical (unpaired) electrons. The highest BCUT2D eigenvalue weighted by Gasteiger charge is 2.34. The van der Waals surface area contributed by atoms with E-state index in [2.05, 4.69) is 36.3 Å². The molecule has 2 heterocycles. The maximum absolute atomic E-state index is 13.4. The highest BCUT2D eigenvalue weighted by Crippen LogP contribution is 2.44. The molecule has 6 heteroatoms. The van der Waals surface area contributed by atoms with Crippen molar-refractivity contribution in [1.82, 2.24) is 4.90 Å². The van der Waals surface area contributed by atoms with Crippen molar-refractivity contribution in [2.45, 2.75) is 59.8 Å². The van der Waals surface area contributed by atoms with Crippen LogP contribution in [0.15, 0.2) is 24.3 Å². The summed E-state index contributed by atoms with van der Waals surface area (Å²) >= 11 is 1.60. The maximum Gasteiger partial charge on any atom is 0.258 e. The number of likely N-dealkylation sites (tertiary alicyclic amines) is 1. The van der Waals surface area contributed by atoms with Crippen molar-refractivity contribution in [3.05, 3.63) is 45.8 Å². The number of nitrogens with one attached hydrogen (secondary N) is 2. The molecular weight excluding hydrogens is 418 g/mol. The number of aryl methyl sites for hydroxylation is 1. The van der Waals surface area contributed by atoms with Gasteiger partial charge in [0.25, 0.3) is 5.91 Å². The summed E-state index contributed by atoms with van der Waals surface area (Å²) in [7, 11) is 0. The topological polar surface area (TPSA) is 61.4 Å². The van der Waals surface area contributed by atoms with E-state index in [1.807, 2.05) is 31.2 Å². The fourth-order valence-corrected chi connectivity index (χ4v) is 6.22. The summed E-state index contributed by atoms with van der Waals surface area (Å²) in [5.74, 6) is 0.427. The molecule has 2 aliphatic rings. The second-order valence-corrected chi connectivity index (χ2v) is 11.5. The fraction of sp³-hybridized carbons (Fsp3) is 0.538. The average molecular weight is 454 g/mol. The number of nitrogens with zero attached hydrogens (tertiary/aromatic N) is 1. The Morgan fingerprint density at radius 3 is 2.59 bits per heavy atom. The van der Waals surface area contributed by atoms with Gasteiger partial charge in [-0.3, -0.25) is 14.5 Å². The molecular formula is C26H35N3O2S. The summed E-state index contributed by atoms with van der Waals surface area (Å²) in [6, 6.07) is 7.84. The quantitative estimate of drug-likeness (QED) is 0.629. The molecule has 4 rings (SSSR count). The molecule has 2 amide bonds. The standard InChI is InChI=1S/C26H35N3O2S/c1-17-8-7-9-19(14-17)27-24(31)23-20-11-10-18(26(2,3)4)15-21(20)32-25(23)28-22(30)16-29-12-5-6-13-29/h7-9,14,18H,5-6,10-13,15-16H2,1-4H3,(H,27,31)(H,28,30). The van der Waals surface area contributed by atoms with E-state index in [1.54, 1.807) is 11.3 Å². The third kappa shape index (κ3) is 5.24. The van der Waals surface area contributed by atoms with Crippen LogP contribution < -0.4 is 10.6 Å². The number of thiophene rings is 1. The second-order valence-electron chi connectivity index (χ2n) is 10.4. The van der Waals surface area contributed by atoms with Gasteiger partial charge in [0.05, 0.1) is 12.1 Å². The molecule has 1 unspecified atom stereocenters. The number of amides is 2. The molecule has 2 N–H and O–H groups in total. The molecule has 5 nitrogen and oxygen atoms in total. The Hall–Kier alpha value is -2.18. The van der Waals surface area contributed by atoms with E-state index in [1.165, 1.54) is 4.88 Å². The second kappa shape index (κ2) is 9.36. The van der Waals surface area contributed by atoms with E-state index in [4.69, 9.17) is 0 Å². The Morgan fingerprint density at radius 1 is 1.16 bits per heavy atom. The minimum atomic E-state index is -0.126. The van der Waals surface area contributed by atoms with Gasteiger partial charge in [-0.15, -0.1) is 11.3 Å². The molecule has 0 spiro atoms. The molecule has 1 aliphatic heterocycles. The number of anilines is 2. The van der Waals surface area contributed by atoms with Crippen LogP contribution >= 0.6 is 11.3 Å². The first kappa shape index (κ1) is 23.0. The van der Waals surface area contributed by atoms with Gasteiger partial charge in [-0.05, 0) is 86.7 Å². The Balaban J connectivity index is 1.61. The molecule has 1 aromatic heterocycles. The predicted molar refractivity (Wildman–Crippen MR) is 133 cm³/mol. The zero-order valence-corrected chi connectivity index (χ0v) is 20.5. The lowest BCUT2D eigenvalue weighted by molar-refractivity contribution is -0.117. The lowest BCUT2D eigenvalue weighted by Crippen LogP contribution is -2.31. The minimum absolute atomic E-state index is 0.0255. The average Bonchev–Trinajstić information content (AvgIpc) is 3.33. The first-order valence-electron chi connectivity index (χ1n) is 11.8. The SMILES string of the molecule is Cc1cccc(NC(=O)c2c(NC(=O)CN3CCCC3)sc3c2CCC(C(C)(C)C)C3)c1. The number of rotatable bonds is 5. The number of hydrogen-bond acceptors (Lipinski definition) is 4. The van der Waals surface area contributed by atoms with Gasteiger partial charge < -0.3 is 10.6 Å². The van der Waals surface area contributed by atoms with Crippen LogP contribution in [0, 0.1) is 18.3 Å². The molecule has 1 fully saturated rings. The van der Waals surface area contributed by atoms with Gasteiger partial charge in [-0.25, -0.2) is 0 Å². The van der Waals surface area contributed by atoms with Crippen LogP contribution in [0.25, 0.3) is 0 Å². The van der Waals surface area contributed by atoms with Crippen molar-refractivity contribution >= 4 is 33.8 Å². The van der Waals surface area contributed by atoms with E-state index >= 15 is 0 Å². The zero-order valence-electron chi connectivity index (χ0n) is 19.7. The van der Waals surface area contributed by atoms with Crippen LogP contribution in [0.5, 0.6) is 0 Å². The molecule has 0 saturated carbocycles. The lowest BCUT2D eigenvalue weighted by Gasteiger charge is -2.33. The van der Waals surface area contributed by atoms with Crippen LogP contribution in [0.1, 0.15) is 66.4 Å². The van der Waals surface area contributed by atoms with Crippen molar-refractivity contribution in [1.29, 1.82) is 0 Å². The molecule has 1 atom stereocenters. The van der Waals surface area contributed by atoms with Crippen LogP contribution in [0.3, 0.4) is 0 Å². The van der Waals surface area contributed by atoms with Crippen molar-refractivity contribution in [2.75, 3.05) is 30.3 Å². The van der Waals surface area contributed by atoms with Crippen LogP contribution in [0.2, 0.25) is 0 Å². The fourth-order valence-electron chi connectivity index (χ4n) is 4.88. The Kier molecular flexibility index (Phi) is 6.72. The normalized spacial score (nSPS) is 18.9. The third-order valence-corrected chi connectivity index (χ3v) is 7.98. The molecule has 1 saturated heterocycles. The summed E-state index contributed by atoms with van der Waals surface area (Å²) in [5, 5.41) is 6.88. The Morgan fingerprint density at radius 2 is 1.91 bits per heavy atom. The summed E-state index contributed by atoms with van der Waals surface area (Å²) in [4.78, 5) is 29.7. The highest BCUT2D eigenvalue weighted by molar-refractivity contribution is 7.17. The predicted octanol–water partition coefficient (Wildman–Crippen LogP) is 5.49. The lowest BCUT2D eigenvalue weighted by atomic mass is 9.72. The van der Waals surface area contributed by atoms with Crippen molar-refractivity contribution < 1.29 is 9.59 Å². The molecule has 2 aromatic rings. The monoisotopic (exact) mass is 453 g/mol. The van der Waals surface area contributed by atoms with E-state index in [0.717, 1.165) is 62.0 Å². The molecule has 0 bridgehead atoms. The van der Waals surface area contributed by atoms with Gasteiger partial charge in [0, 0.05) is 10.6 Å². The number of carbonyl (C=O) groups is 2. The molecule has 1 aromatic carbocycles. The molecule has 32 heavy (non-hydrogen) atoms. The largest absolute Gasteiger partial charge is 0.322 e. The molecule has 172 valence electrons. The number of benzene rings is 1. The highest BCUT2D eigenvalue weighted by atomic mass is 32.1. The van der Waals surface area contributed by atoms with Crippen molar-refractivity contribution in [3.63, 3.8) is 0 Å². The first-order chi connectivity index (χ1) is 15.2. The number of carbonyl (C=O) groups excluding carboxylic acids is 2. The smallest absolute Gasteiger partial charge is 0.258 e. The van der Waals surface area contributed by atoms with Crippen LogP contribution in [-0.4, -0.2) is 36.3 Å². The minimum Gasteiger partial charge on any atom is -0.322 e. The van der Waals surface area contributed by atoms with E-state index in [0.29, 0.717) is 23.0 Å². The zero-order chi connectivity index (χ0) is 22.9. The maximum atomic E-state index is 13.4. The van der Waals surface area contributed by atoms with Crippen molar-refractivity contribution in [3.8, 4) is 0 Å². The van der Waals surface area contributed by atoms with Gasteiger partial charge in [0.1, 0.15) is 5.00 Å². The third-order valence-electron chi connectivity index (χ3n) is 6.81. The first-order valence-corrected chi connectivity index (χ1v) is 12.6. The summed E-state index contributed by atoms with van der Waals surface area (Å²) in [6.07, 6.45) is 5.22. The molecule has 1 aliphatic carbocycles. The van der Waals surface area contributed by atoms with Crippen molar-refractivity contribution in [2.24, 2.45) is 11.3 Å². The van der Waals surface area contributed by atoms with E-state index in [9.17, 15) is 9.59 Å². The summed E-state index contributed by atoms with van der Waals surface area (Å²) < 4.78 is 0. The number of hydrogen-bond donors (Lipinski definition) is 2. The van der Waals surface area contributed by atoms with Gasteiger partial charge >= 0.3 is 0 Å². The van der Waals surface area contributed by atoms with E-state index < -0.39 is 0 Å². The summed E-state index contributed by atoms with van der Waals surface area (Å²) in [6.45, 7) is 11.2. The Bertz CT molecular complexity index is 999. The van der Waals surface area contributed by atoms with Gasteiger partial charge in [-0.2, -0.15) is 0 Å². The van der Waals surface area contributed by atoms with Crippen LogP contribution in [-0.2, 0) is 17.6 Å². The van der Waals surface area contributed by atoms with Gasteiger partial charge in [0.2, 0.25) is 5.91 Å². The van der Waals surface area contributed by atoms with E-state index in [-0.39, 0.29) is 17.2 Å². The summed E-state index contributed by atoms with van der Waals surface area (Å²) in [5.41, 5.74) is 3.89.